The number of hydrogen-bond acceptors (Lipinski definition) is 5. The smallest absolute Gasteiger partial charge is 0.387 e. The topological polar surface area (TPSA) is 81.9 Å². The number of hydrogen-bond donors (Lipinski definition) is 1. The third-order valence-corrected chi connectivity index (χ3v) is 4.98. The molecule has 168 valence electrons. The van der Waals surface area contributed by atoms with E-state index in [2.05, 4.69) is 15.0 Å². The molecule has 0 bridgehead atoms. The minimum atomic E-state index is -3.67. The average molecular weight is 451 g/mol. The monoisotopic (exact) mass is 451 g/mol. The van der Waals surface area contributed by atoms with Crippen molar-refractivity contribution in [2.75, 3.05) is 7.11 Å². The van der Waals surface area contributed by atoms with E-state index in [1.165, 1.54) is 36.0 Å². The molecule has 1 saturated carbocycles. The van der Waals surface area contributed by atoms with Crippen molar-refractivity contribution in [2.24, 2.45) is 0 Å². The molecular formula is C21H17F4N3O4. The second-order valence-electron chi connectivity index (χ2n) is 7.21. The third kappa shape index (κ3) is 4.10. The van der Waals surface area contributed by atoms with Crippen molar-refractivity contribution in [2.45, 2.75) is 31.4 Å². The fraction of sp³-hybridized carbons (Fsp3) is 0.286. The van der Waals surface area contributed by atoms with E-state index in [0.29, 0.717) is 11.3 Å². The van der Waals surface area contributed by atoms with Gasteiger partial charge in [0, 0.05) is 23.4 Å². The van der Waals surface area contributed by atoms with Crippen molar-refractivity contribution in [1.29, 1.82) is 0 Å². The summed E-state index contributed by atoms with van der Waals surface area (Å²) in [5.74, 6) is -4.68. The highest BCUT2D eigenvalue weighted by Crippen LogP contribution is 2.37. The number of methoxy groups -OCH3 is 1. The van der Waals surface area contributed by atoms with Crippen LogP contribution in [0.3, 0.4) is 0 Å². The molecule has 7 nitrogen and oxygen atoms in total. The number of aldehydes is 1. The lowest BCUT2D eigenvalue weighted by Gasteiger charge is -2.16. The Balaban J connectivity index is 1.81. The molecule has 32 heavy (non-hydrogen) atoms. The first-order chi connectivity index (χ1) is 15.2. The lowest BCUT2D eigenvalue weighted by atomic mass is 10.1. The molecular weight excluding hydrogens is 434 g/mol. The van der Waals surface area contributed by atoms with Crippen LogP contribution in [0.2, 0.25) is 0 Å². The van der Waals surface area contributed by atoms with Gasteiger partial charge in [-0.25, -0.2) is 4.98 Å². The van der Waals surface area contributed by atoms with E-state index in [1.807, 2.05) is 0 Å². The first kappa shape index (κ1) is 21.6. The number of aromatic nitrogens is 2. The van der Waals surface area contributed by atoms with Gasteiger partial charge in [0.25, 0.3) is 5.91 Å². The number of pyridine rings is 1. The van der Waals surface area contributed by atoms with Crippen LogP contribution in [0.25, 0.3) is 16.9 Å². The summed E-state index contributed by atoms with van der Waals surface area (Å²) in [5.41, 5.74) is 0.0222. The SMILES string of the molecule is COc1cc(-c2cnc3cc(C(F)(F)C=O)ccn23)cc(OC(F)F)c1C(=O)NC1CC1. The van der Waals surface area contributed by atoms with E-state index in [4.69, 9.17) is 4.74 Å². The highest BCUT2D eigenvalue weighted by Gasteiger charge is 2.32. The molecule has 0 radical (unpaired) electrons. The Morgan fingerprint density at radius 1 is 1.28 bits per heavy atom. The van der Waals surface area contributed by atoms with Gasteiger partial charge in [0.1, 0.15) is 22.7 Å². The van der Waals surface area contributed by atoms with Gasteiger partial charge in [0.15, 0.2) is 6.29 Å². The predicted octanol–water partition coefficient (Wildman–Crippen LogP) is 3.79. The number of benzene rings is 1. The molecule has 1 aromatic carbocycles. The Bertz CT molecular complexity index is 1190. The number of ether oxygens (including phenoxy) is 2. The predicted molar refractivity (Wildman–Crippen MR) is 104 cm³/mol. The summed E-state index contributed by atoms with van der Waals surface area (Å²) >= 11 is 0. The summed E-state index contributed by atoms with van der Waals surface area (Å²) in [6, 6.07) is 4.75. The van der Waals surface area contributed by atoms with Crippen molar-refractivity contribution >= 4 is 17.8 Å². The van der Waals surface area contributed by atoms with E-state index in [-0.39, 0.29) is 23.0 Å². The second kappa shape index (κ2) is 8.13. The van der Waals surface area contributed by atoms with Crippen LogP contribution in [0.5, 0.6) is 11.5 Å². The third-order valence-electron chi connectivity index (χ3n) is 4.98. The summed E-state index contributed by atoms with van der Waals surface area (Å²) in [6.07, 6.45) is 3.74. The number of amides is 1. The van der Waals surface area contributed by atoms with Gasteiger partial charge in [-0.3, -0.25) is 14.0 Å². The molecule has 2 aromatic heterocycles. The fourth-order valence-corrected chi connectivity index (χ4v) is 3.27. The van der Waals surface area contributed by atoms with Crippen LogP contribution in [0.4, 0.5) is 17.6 Å². The van der Waals surface area contributed by atoms with Crippen LogP contribution in [-0.4, -0.2) is 41.3 Å². The molecule has 1 fully saturated rings. The number of alkyl halides is 4. The van der Waals surface area contributed by atoms with Crippen molar-refractivity contribution in [3.05, 3.63) is 47.8 Å². The van der Waals surface area contributed by atoms with Gasteiger partial charge in [-0.2, -0.15) is 17.6 Å². The van der Waals surface area contributed by atoms with Crippen molar-refractivity contribution in [1.82, 2.24) is 14.7 Å². The normalized spacial score (nSPS) is 13.9. The Kier molecular flexibility index (Phi) is 5.49. The molecule has 11 heteroatoms. The van der Waals surface area contributed by atoms with Crippen LogP contribution in [0.1, 0.15) is 28.8 Å². The molecule has 3 aromatic rings. The Morgan fingerprint density at radius 2 is 2.00 bits per heavy atom. The maximum atomic E-state index is 13.7. The second-order valence-corrected chi connectivity index (χ2v) is 7.21. The number of imidazole rings is 1. The minimum absolute atomic E-state index is 0.00430. The number of carbonyl (C=O) groups excluding carboxylic acids is 2. The van der Waals surface area contributed by atoms with E-state index in [1.54, 1.807) is 0 Å². The highest BCUT2D eigenvalue weighted by atomic mass is 19.3. The average Bonchev–Trinajstić information content (AvgIpc) is 3.47. The zero-order chi connectivity index (χ0) is 23.0. The van der Waals surface area contributed by atoms with E-state index >= 15 is 0 Å². The Morgan fingerprint density at radius 3 is 2.62 bits per heavy atom. The minimum Gasteiger partial charge on any atom is -0.496 e. The standard InChI is InChI=1S/C21H17F4N3O4/c1-31-15-6-11(7-16(32-20(22)23)18(15)19(30)27-13-2-3-13)14-9-26-17-8-12(4-5-28(14)17)21(24,25)10-29/h4-10,13,20H,2-3H2,1H3,(H,27,30). The zero-order valence-electron chi connectivity index (χ0n) is 16.6. The number of fused-ring (bicyclic) bond motifs is 1. The first-order valence-electron chi connectivity index (χ1n) is 9.53. The van der Waals surface area contributed by atoms with Crippen LogP contribution in [-0.2, 0) is 10.7 Å². The lowest BCUT2D eigenvalue weighted by Crippen LogP contribution is -2.26. The van der Waals surface area contributed by atoms with Crippen LogP contribution < -0.4 is 14.8 Å². The van der Waals surface area contributed by atoms with Gasteiger partial charge >= 0.3 is 12.5 Å². The maximum absolute atomic E-state index is 13.7. The zero-order valence-corrected chi connectivity index (χ0v) is 16.6. The number of nitrogens with one attached hydrogen (secondary N) is 1. The van der Waals surface area contributed by atoms with Crippen LogP contribution in [0.15, 0.2) is 36.7 Å². The quantitative estimate of drug-likeness (QED) is 0.416. The molecule has 0 aliphatic heterocycles. The van der Waals surface area contributed by atoms with E-state index < -0.39 is 36.0 Å². The first-order valence-corrected chi connectivity index (χ1v) is 9.53. The van der Waals surface area contributed by atoms with Gasteiger partial charge in [-0.1, -0.05) is 0 Å². The number of halogens is 4. The summed E-state index contributed by atoms with van der Waals surface area (Å²) in [5, 5.41) is 2.71. The Labute approximate surface area is 179 Å². The van der Waals surface area contributed by atoms with Gasteiger partial charge in [0.2, 0.25) is 0 Å². The van der Waals surface area contributed by atoms with Crippen LogP contribution in [0, 0.1) is 0 Å². The summed E-state index contributed by atoms with van der Waals surface area (Å²) in [6.45, 7) is -3.20. The van der Waals surface area contributed by atoms with Crippen molar-refractivity contribution in [3.8, 4) is 22.8 Å². The molecule has 2 heterocycles. The number of rotatable bonds is 8. The molecule has 0 saturated heterocycles. The van der Waals surface area contributed by atoms with Crippen LogP contribution >= 0.6 is 0 Å². The molecule has 1 amide bonds. The summed E-state index contributed by atoms with van der Waals surface area (Å²) in [4.78, 5) is 27.3. The largest absolute Gasteiger partial charge is 0.496 e. The maximum Gasteiger partial charge on any atom is 0.387 e. The number of nitrogens with zero attached hydrogens (tertiary/aromatic N) is 2. The summed E-state index contributed by atoms with van der Waals surface area (Å²) < 4.78 is 64.8. The van der Waals surface area contributed by atoms with Gasteiger partial charge in [0.05, 0.1) is 19.0 Å². The Hall–Kier alpha value is -3.63. The van der Waals surface area contributed by atoms with Gasteiger partial charge < -0.3 is 14.8 Å². The summed E-state index contributed by atoms with van der Waals surface area (Å²) in [7, 11) is 1.28. The van der Waals surface area contributed by atoms with Crippen molar-refractivity contribution in [3.63, 3.8) is 0 Å². The molecule has 1 aliphatic carbocycles. The molecule has 4 rings (SSSR count). The molecule has 1 N–H and O–H groups in total. The lowest BCUT2D eigenvalue weighted by molar-refractivity contribution is -0.130. The molecule has 1 aliphatic rings. The van der Waals surface area contributed by atoms with Gasteiger partial charge in [-0.15, -0.1) is 0 Å². The van der Waals surface area contributed by atoms with E-state index in [9.17, 15) is 27.2 Å². The number of carbonyl (C=O) groups is 2. The molecule has 0 unspecified atom stereocenters. The van der Waals surface area contributed by atoms with Crippen molar-refractivity contribution < 1.29 is 36.6 Å². The molecule has 0 atom stereocenters. The van der Waals surface area contributed by atoms with Gasteiger partial charge in [-0.05, 0) is 37.1 Å². The van der Waals surface area contributed by atoms with E-state index in [0.717, 1.165) is 25.0 Å². The molecule has 0 spiro atoms. The highest BCUT2D eigenvalue weighted by molar-refractivity contribution is 6.01. The fourth-order valence-electron chi connectivity index (χ4n) is 3.27.